The Morgan fingerprint density at radius 3 is 2.75 bits per heavy atom. The first-order chi connectivity index (χ1) is 9.56. The van der Waals surface area contributed by atoms with E-state index in [1.807, 2.05) is 6.92 Å². The molecule has 0 unspecified atom stereocenters. The third-order valence-electron chi connectivity index (χ3n) is 3.53. The molecule has 1 amide bonds. The number of nitrogen functional groups attached to an aromatic ring is 1. The quantitative estimate of drug-likeness (QED) is 0.621. The summed E-state index contributed by atoms with van der Waals surface area (Å²) < 4.78 is 0. The van der Waals surface area contributed by atoms with Gasteiger partial charge in [-0.3, -0.25) is 14.7 Å². The fraction of sp³-hybridized carbons (Fsp3) is 0.214. The lowest BCUT2D eigenvalue weighted by Gasteiger charge is -2.07. The van der Waals surface area contributed by atoms with Crippen molar-refractivity contribution in [3.63, 3.8) is 0 Å². The van der Waals surface area contributed by atoms with Gasteiger partial charge in [-0.15, -0.1) is 0 Å². The van der Waals surface area contributed by atoms with Gasteiger partial charge in [-0.05, 0) is 18.6 Å². The molecule has 0 bridgehead atoms. The van der Waals surface area contributed by atoms with Crippen molar-refractivity contribution >= 4 is 17.4 Å². The Labute approximate surface area is 115 Å². The first kappa shape index (κ1) is 12.4. The van der Waals surface area contributed by atoms with Crippen LogP contribution in [0.2, 0.25) is 0 Å². The van der Waals surface area contributed by atoms with Crippen molar-refractivity contribution in [2.45, 2.75) is 19.8 Å². The SMILES string of the molecule is CCCc1[nH]nc2c1C(=O)c1c-2ccc(N)c1C(N)=O. The summed E-state index contributed by atoms with van der Waals surface area (Å²) in [7, 11) is 0. The molecule has 0 atom stereocenters. The minimum absolute atomic E-state index is 0.0907. The molecule has 6 heteroatoms. The molecule has 0 saturated carbocycles. The highest BCUT2D eigenvalue weighted by Crippen LogP contribution is 2.40. The fourth-order valence-electron chi connectivity index (χ4n) is 2.69. The van der Waals surface area contributed by atoms with E-state index >= 15 is 0 Å². The van der Waals surface area contributed by atoms with Crippen LogP contribution in [-0.2, 0) is 6.42 Å². The van der Waals surface area contributed by atoms with Gasteiger partial charge >= 0.3 is 0 Å². The average Bonchev–Trinajstić information content (AvgIpc) is 2.91. The fourth-order valence-corrected chi connectivity index (χ4v) is 2.69. The van der Waals surface area contributed by atoms with Crippen molar-refractivity contribution in [2.75, 3.05) is 5.73 Å². The highest BCUT2D eigenvalue weighted by Gasteiger charge is 2.36. The van der Waals surface area contributed by atoms with Crippen LogP contribution < -0.4 is 11.5 Å². The van der Waals surface area contributed by atoms with Gasteiger partial charge < -0.3 is 11.5 Å². The van der Waals surface area contributed by atoms with Gasteiger partial charge in [-0.1, -0.05) is 13.3 Å². The number of carbonyl (C=O) groups is 2. The predicted molar refractivity (Wildman–Crippen MR) is 74.4 cm³/mol. The third kappa shape index (κ3) is 1.48. The Morgan fingerprint density at radius 2 is 2.10 bits per heavy atom. The molecule has 1 aromatic carbocycles. The van der Waals surface area contributed by atoms with Crippen LogP contribution in [-0.4, -0.2) is 21.9 Å². The van der Waals surface area contributed by atoms with E-state index in [0.717, 1.165) is 18.5 Å². The summed E-state index contributed by atoms with van der Waals surface area (Å²) in [5.41, 5.74) is 14.2. The number of anilines is 1. The number of fused-ring (bicyclic) bond motifs is 3. The molecule has 6 nitrogen and oxygen atoms in total. The lowest BCUT2D eigenvalue weighted by molar-refractivity contribution is 0.0983. The van der Waals surface area contributed by atoms with E-state index in [4.69, 9.17) is 11.5 Å². The average molecular weight is 270 g/mol. The second-order valence-electron chi connectivity index (χ2n) is 4.82. The smallest absolute Gasteiger partial charge is 0.251 e. The molecule has 1 aliphatic carbocycles. The first-order valence-corrected chi connectivity index (χ1v) is 6.40. The van der Waals surface area contributed by atoms with Gasteiger partial charge in [-0.2, -0.15) is 5.10 Å². The maximum Gasteiger partial charge on any atom is 0.251 e. The number of benzene rings is 1. The number of aromatic amines is 1. The summed E-state index contributed by atoms with van der Waals surface area (Å²) in [5.74, 6) is -0.924. The molecule has 0 radical (unpaired) electrons. The molecule has 1 aromatic heterocycles. The van der Waals surface area contributed by atoms with Crippen molar-refractivity contribution in [1.29, 1.82) is 0 Å². The van der Waals surface area contributed by atoms with Gasteiger partial charge in [0, 0.05) is 22.5 Å². The summed E-state index contributed by atoms with van der Waals surface area (Å²) >= 11 is 0. The third-order valence-corrected chi connectivity index (χ3v) is 3.53. The highest BCUT2D eigenvalue weighted by molar-refractivity contribution is 6.26. The van der Waals surface area contributed by atoms with Crippen molar-refractivity contribution < 1.29 is 9.59 Å². The Balaban J connectivity index is 2.28. The van der Waals surface area contributed by atoms with Crippen LogP contribution in [0.4, 0.5) is 5.69 Å². The molecule has 5 N–H and O–H groups in total. The number of hydrogen-bond acceptors (Lipinski definition) is 4. The van der Waals surface area contributed by atoms with E-state index in [2.05, 4.69) is 10.2 Å². The Bertz CT molecular complexity index is 746. The van der Waals surface area contributed by atoms with Crippen LogP contribution in [0, 0.1) is 0 Å². The number of nitrogens with zero attached hydrogens (tertiary/aromatic N) is 1. The lowest BCUT2D eigenvalue weighted by Crippen LogP contribution is -2.18. The molecule has 0 saturated heterocycles. The number of nitrogens with two attached hydrogens (primary N) is 2. The number of aryl methyl sites for hydroxylation is 1. The summed E-state index contributed by atoms with van der Waals surface area (Å²) in [5, 5.41) is 7.09. The number of amides is 1. The zero-order valence-corrected chi connectivity index (χ0v) is 11.0. The zero-order valence-electron chi connectivity index (χ0n) is 11.0. The van der Waals surface area contributed by atoms with Gasteiger partial charge in [0.05, 0.1) is 11.1 Å². The van der Waals surface area contributed by atoms with Crippen LogP contribution in [0.1, 0.15) is 45.3 Å². The standard InChI is InChI=1S/C14H14N4O2/c1-2-3-8-11-12(18-17-8)6-4-5-7(15)10(14(16)20)9(6)13(11)19/h4-5H,2-3,15H2,1H3,(H2,16,20)(H,17,18). The van der Waals surface area contributed by atoms with E-state index in [9.17, 15) is 9.59 Å². The molecule has 2 aromatic rings. The van der Waals surface area contributed by atoms with E-state index in [1.54, 1.807) is 12.1 Å². The number of ketones is 1. The number of rotatable bonds is 3. The molecule has 102 valence electrons. The molecular weight excluding hydrogens is 256 g/mol. The largest absolute Gasteiger partial charge is 0.398 e. The number of primary amides is 1. The van der Waals surface area contributed by atoms with Crippen molar-refractivity contribution in [2.24, 2.45) is 5.73 Å². The lowest BCUT2D eigenvalue weighted by atomic mass is 9.99. The van der Waals surface area contributed by atoms with E-state index in [-0.39, 0.29) is 22.6 Å². The highest BCUT2D eigenvalue weighted by atomic mass is 16.1. The van der Waals surface area contributed by atoms with Crippen LogP contribution in [0.25, 0.3) is 11.3 Å². The van der Waals surface area contributed by atoms with Crippen LogP contribution in [0.15, 0.2) is 12.1 Å². The Kier molecular flexibility index (Phi) is 2.60. The van der Waals surface area contributed by atoms with Crippen molar-refractivity contribution in [1.82, 2.24) is 10.2 Å². The topological polar surface area (TPSA) is 115 Å². The molecule has 1 aliphatic rings. The van der Waals surface area contributed by atoms with Crippen LogP contribution in [0.5, 0.6) is 0 Å². The maximum atomic E-state index is 12.6. The van der Waals surface area contributed by atoms with E-state index in [0.29, 0.717) is 16.8 Å². The summed E-state index contributed by atoms with van der Waals surface area (Å²) in [6.45, 7) is 2.02. The number of hydrogen-bond donors (Lipinski definition) is 3. The number of carbonyl (C=O) groups excluding carboxylic acids is 2. The van der Waals surface area contributed by atoms with E-state index < -0.39 is 5.91 Å². The normalized spacial score (nSPS) is 12.3. The molecule has 0 aliphatic heterocycles. The molecule has 0 spiro atoms. The minimum Gasteiger partial charge on any atom is -0.398 e. The van der Waals surface area contributed by atoms with Crippen molar-refractivity contribution in [3.8, 4) is 11.3 Å². The van der Waals surface area contributed by atoms with Gasteiger partial charge in [0.1, 0.15) is 5.69 Å². The van der Waals surface area contributed by atoms with Gasteiger partial charge in [0.25, 0.3) is 5.91 Å². The second kappa shape index (κ2) is 4.19. The second-order valence-corrected chi connectivity index (χ2v) is 4.82. The summed E-state index contributed by atoms with van der Waals surface area (Å²) in [6.07, 6.45) is 1.62. The van der Waals surface area contributed by atoms with Crippen molar-refractivity contribution in [3.05, 3.63) is 34.5 Å². The van der Waals surface area contributed by atoms with E-state index in [1.165, 1.54) is 0 Å². The minimum atomic E-state index is -0.695. The zero-order chi connectivity index (χ0) is 14.4. The summed E-state index contributed by atoms with van der Waals surface area (Å²) in [4.78, 5) is 24.2. The van der Waals surface area contributed by atoms with Gasteiger partial charge in [0.2, 0.25) is 0 Å². The molecule has 3 rings (SSSR count). The van der Waals surface area contributed by atoms with Crippen LogP contribution in [0.3, 0.4) is 0 Å². The molecule has 0 fully saturated rings. The Hall–Kier alpha value is -2.63. The summed E-state index contributed by atoms with van der Waals surface area (Å²) in [6, 6.07) is 3.28. The van der Waals surface area contributed by atoms with Crippen LogP contribution >= 0.6 is 0 Å². The number of H-pyrrole nitrogens is 1. The molecular formula is C14H14N4O2. The monoisotopic (exact) mass is 270 g/mol. The number of nitrogens with one attached hydrogen (secondary N) is 1. The molecule has 20 heavy (non-hydrogen) atoms. The first-order valence-electron chi connectivity index (χ1n) is 6.40. The maximum absolute atomic E-state index is 12.6. The van der Waals surface area contributed by atoms with Gasteiger partial charge in [0.15, 0.2) is 5.78 Å². The Morgan fingerprint density at radius 1 is 1.35 bits per heavy atom. The van der Waals surface area contributed by atoms with Gasteiger partial charge in [-0.25, -0.2) is 0 Å². The number of aromatic nitrogens is 2. The molecule has 1 heterocycles. The predicted octanol–water partition coefficient (Wildman–Crippen LogP) is 1.25.